The Morgan fingerprint density at radius 1 is 1.15 bits per heavy atom. The number of nitrogens with one attached hydrogen (secondary N) is 1. The lowest BCUT2D eigenvalue weighted by Crippen LogP contribution is -2.41. The second kappa shape index (κ2) is 10.6. The van der Waals surface area contributed by atoms with Gasteiger partial charge in [0.2, 0.25) is 5.91 Å². The minimum atomic E-state index is -0.481. The van der Waals surface area contributed by atoms with Crippen LogP contribution in [0, 0.1) is 5.92 Å². The Morgan fingerprint density at radius 2 is 1.88 bits per heavy atom. The van der Waals surface area contributed by atoms with Gasteiger partial charge in [-0.05, 0) is 43.5 Å². The number of carbonyl (C=O) groups is 3. The van der Waals surface area contributed by atoms with Crippen LogP contribution in [0.2, 0.25) is 0 Å². The lowest BCUT2D eigenvalue weighted by atomic mass is 9.95. The number of hydrogen-bond acceptors (Lipinski definition) is 7. The Balaban J connectivity index is 1.47. The quantitative estimate of drug-likeness (QED) is 0.491. The van der Waals surface area contributed by atoms with E-state index in [-0.39, 0.29) is 24.3 Å². The predicted molar refractivity (Wildman–Crippen MR) is 128 cm³/mol. The van der Waals surface area contributed by atoms with Crippen LogP contribution < -0.4 is 10.1 Å². The molecule has 3 heterocycles. The van der Waals surface area contributed by atoms with E-state index in [2.05, 4.69) is 5.32 Å². The molecule has 1 aliphatic rings. The Kier molecular flexibility index (Phi) is 7.32. The van der Waals surface area contributed by atoms with Gasteiger partial charge < -0.3 is 24.1 Å². The van der Waals surface area contributed by atoms with Crippen LogP contribution in [0.25, 0.3) is 11.1 Å². The summed E-state index contributed by atoms with van der Waals surface area (Å²) < 4.78 is 15.5. The number of esters is 1. The number of carbonyl (C=O) groups excluding carboxylic acids is 3. The average Bonchev–Trinajstić information content (AvgIpc) is 3.54. The summed E-state index contributed by atoms with van der Waals surface area (Å²) in [6.45, 7) is 2.93. The van der Waals surface area contributed by atoms with Gasteiger partial charge in [0.1, 0.15) is 22.6 Å². The van der Waals surface area contributed by atoms with Crippen molar-refractivity contribution in [2.24, 2.45) is 5.92 Å². The van der Waals surface area contributed by atoms with Crippen molar-refractivity contribution in [3.8, 4) is 16.9 Å². The maximum atomic E-state index is 13.0. The number of anilines is 1. The van der Waals surface area contributed by atoms with Gasteiger partial charge in [-0.2, -0.15) is 0 Å². The Morgan fingerprint density at radius 3 is 2.50 bits per heavy atom. The molecular weight excluding hydrogens is 456 g/mol. The first-order chi connectivity index (χ1) is 16.5. The zero-order valence-electron chi connectivity index (χ0n) is 19.0. The van der Waals surface area contributed by atoms with E-state index < -0.39 is 5.97 Å². The van der Waals surface area contributed by atoms with Gasteiger partial charge in [-0.25, -0.2) is 4.79 Å². The van der Waals surface area contributed by atoms with Crippen LogP contribution >= 0.6 is 11.3 Å². The van der Waals surface area contributed by atoms with Crippen molar-refractivity contribution in [2.75, 3.05) is 32.1 Å². The summed E-state index contributed by atoms with van der Waals surface area (Å²) in [5.41, 5.74) is 2.37. The SMILES string of the molecule is CCOC(=O)c1c(-c2ccc(OC)cc2)csc1NC(=O)C1CCN(C(=O)c2ccoc2)CC1. The van der Waals surface area contributed by atoms with Gasteiger partial charge in [-0.3, -0.25) is 9.59 Å². The summed E-state index contributed by atoms with van der Waals surface area (Å²) in [6.07, 6.45) is 3.98. The minimum Gasteiger partial charge on any atom is -0.497 e. The molecule has 0 atom stereocenters. The number of likely N-dealkylation sites (tertiary alicyclic amines) is 1. The van der Waals surface area contributed by atoms with Gasteiger partial charge in [-0.15, -0.1) is 11.3 Å². The van der Waals surface area contributed by atoms with E-state index >= 15 is 0 Å². The highest BCUT2D eigenvalue weighted by Gasteiger charge is 2.30. The first kappa shape index (κ1) is 23.6. The molecule has 1 fully saturated rings. The molecule has 4 rings (SSSR count). The van der Waals surface area contributed by atoms with E-state index in [0.717, 1.165) is 5.56 Å². The molecule has 0 bridgehead atoms. The Hall–Kier alpha value is -3.59. The van der Waals surface area contributed by atoms with Gasteiger partial charge in [0.15, 0.2) is 0 Å². The number of thiophene rings is 1. The fraction of sp³-hybridized carbons (Fsp3) is 0.320. The molecule has 3 aromatic rings. The topological polar surface area (TPSA) is 98.1 Å². The predicted octanol–water partition coefficient (Wildman–Crippen LogP) is 4.68. The highest BCUT2D eigenvalue weighted by molar-refractivity contribution is 7.15. The molecule has 0 spiro atoms. The molecule has 0 saturated carbocycles. The molecule has 1 saturated heterocycles. The number of rotatable bonds is 7. The highest BCUT2D eigenvalue weighted by Crippen LogP contribution is 2.37. The summed E-state index contributed by atoms with van der Waals surface area (Å²) in [5.74, 6) is -0.285. The van der Waals surface area contributed by atoms with Crippen molar-refractivity contribution < 1.29 is 28.3 Å². The number of nitrogens with zero attached hydrogens (tertiary/aromatic N) is 1. The van der Waals surface area contributed by atoms with Crippen molar-refractivity contribution in [3.63, 3.8) is 0 Å². The third-order valence-electron chi connectivity index (χ3n) is 5.83. The van der Waals surface area contributed by atoms with Gasteiger partial charge >= 0.3 is 5.97 Å². The zero-order chi connectivity index (χ0) is 24.1. The molecule has 0 aliphatic carbocycles. The fourth-order valence-electron chi connectivity index (χ4n) is 3.97. The van der Waals surface area contributed by atoms with E-state index in [4.69, 9.17) is 13.9 Å². The minimum absolute atomic E-state index is 0.0976. The number of piperidine rings is 1. The number of furan rings is 1. The standard InChI is InChI=1S/C25H26N2O6S/c1-3-33-25(30)21-20(16-4-6-19(31-2)7-5-16)15-34-23(21)26-22(28)17-8-11-27(12-9-17)24(29)18-10-13-32-14-18/h4-7,10,13-15,17H,3,8-9,11-12H2,1-2H3,(H,26,28). The van der Waals surface area contributed by atoms with Gasteiger partial charge in [0, 0.05) is 30.0 Å². The first-order valence-electron chi connectivity index (χ1n) is 11.1. The molecule has 8 nitrogen and oxygen atoms in total. The Bertz CT molecular complexity index is 1140. The molecule has 1 aromatic carbocycles. The fourth-order valence-corrected chi connectivity index (χ4v) is 4.93. The summed E-state index contributed by atoms with van der Waals surface area (Å²) >= 11 is 1.29. The van der Waals surface area contributed by atoms with Crippen molar-refractivity contribution in [3.05, 3.63) is 59.4 Å². The molecule has 9 heteroatoms. The van der Waals surface area contributed by atoms with Crippen LogP contribution in [-0.4, -0.2) is 49.5 Å². The summed E-state index contributed by atoms with van der Waals surface area (Å²) in [7, 11) is 1.59. The summed E-state index contributed by atoms with van der Waals surface area (Å²) in [6, 6.07) is 9.00. The zero-order valence-corrected chi connectivity index (χ0v) is 19.9. The van der Waals surface area contributed by atoms with Gasteiger partial charge in [0.25, 0.3) is 5.91 Å². The van der Waals surface area contributed by atoms with Crippen molar-refractivity contribution in [2.45, 2.75) is 19.8 Å². The number of hydrogen-bond donors (Lipinski definition) is 1. The second-order valence-electron chi connectivity index (χ2n) is 7.87. The largest absolute Gasteiger partial charge is 0.497 e. The number of benzene rings is 1. The molecule has 1 N–H and O–H groups in total. The maximum Gasteiger partial charge on any atom is 0.341 e. The molecule has 0 unspecified atom stereocenters. The maximum absolute atomic E-state index is 13.0. The first-order valence-corrected chi connectivity index (χ1v) is 11.9. The lowest BCUT2D eigenvalue weighted by Gasteiger charge is -2.31. The number of amides is 2. The van der Waals surface area contributed by atoms with Crippen LogP contribution in [-0.2, 0) is 9.53 Å². The third-order valence-corrected chi connectivity index (χ3v) is 6.72. The summed E-state index contributed by atoms with van der Waals surface area (Å²) in [5, 5.41) is 5.25. The van der Waals surface area contributed by atoms with Crippen molar-refractivity contribution >= 4 is 34.1 Å². The van der Waals surface area contributed by atoms with Crippen LogP contribution in [0.15, 0.2) is 52.7 Å². The van der Waals surface area contributed by atoms with Crippen molar-refractivity contribution in [1.82, 2.24) is 4.90 Å². The van der Waals surface area contributed by atoms with Gasteiger partial charge in [-0.1, -0.05) is 12.1 Å². The van der Waals surface area contributed by atoms with E-state index in [9.17, 15) is 14.4 Å². The van der Waals surface area contributed by atoms with E-state index in [1.165, 1.54) is 23.9 Å². The van der Waals surface area contributed by atoms with Crippen LogP contribution in [0.4, 0.5) is 5.00 Å². The van der Waals surface area contributed by atoms with E-state index in [1.54, 1.807) is 25.0 Å². The molecule has 1 aliphatic heterocycles. The normalized spacial score (nSPS) is 14.0. The average molecular weight is 483 g/mol. The van der Waals surface area contributed by atoms with Crippen LogP contribution in [0.5, 0.6) is 5.75 Å². The van der Waals surface area contributed by atoms with E-state index in [1.807, 2.05) is 29.6 Å². The molecule has 34 heavy (non-hydrogen) atoms. The summed E-state index contributed by atoms with van der Waals surface area (Å²) in [4.78, 5) is 40.1. The molecule has 0 radical (unpaired) electrons. The molecule has 178 valence electrons. The van der Waals surface area contributed by atoms with Crippen LogP contribution in [0.3, 0.4) is 0 Å². The third kappa shape index (κ3) is 4.99. The van der Waals surface area contributed by atoms with E-state index in [0.29, 0.717) is 53.4 Å². The highest BCUT2D eigenvalue weighted by atomic mass is 32.1. The van der Waals surface area contributed by atoms with Crippen LogP contribution in [0.1, 0.15) is 40.5 Å². The van der Waals surface area contributed by atoms with Gasteiger partial charge in [0.05, 0.1) is 25.5 Å². The number of ether oxygens (including phenoxy) is 2. The Labute approximate surface area is 201 Å². The molecular formula is C25H26N2O6S. The smallest absolute Gasteiger partial charge is 0.341 e. The second-order valence-corrected chi connectivity index (χ2v) is 8.75. The monoisotopic (exact) mass is 482 g/mol. The number of methoxy groups -OCH3 is 1. The van der Waals surface area contributed by atoms with Crippen molar-refractivity contribution in [1.29, 1.82) is 0 Å². The molecule has 2 amide bonds. The molecule has 2 aromatic heterocycles. The lowest BCUT2D eigenvalue weighted by molar-refractivity contribution is -0.121.